The number of methoxy groups -OCH3 is 2. The number of ether oxygens (including phenoxy) is 3. The molecule has 2 N–H and O–H groups in total. The minimum Gasteiger partial charge on any atom is -0.497 e. The van der Waals surface area contributed by atoms with E-state index < -0.39 is 5.82 Å². The van der Waals surface area contributed by atoms with Gasteiger partial charge in [0.15, 0.2) is 17.4 Å². The van der Waals surface area contributed by atoms with Gasteiger partial charge in [0.1, 0.15) is 18.1 Å². The molecule has 1 heterocycles. The minimum absolute atomic E-state index is 0.0984. The second-order valence-corrected chi connectivity index (χ2v) is 7.69. The zero-order valence-corrected chi connectivity index (χ0v) is 18.8. The summed E-state index contributed by atoms with van der Waals surface area (Å²) in [5.74, 6) is 7.35. The maximum absolute atomic E-state index is 13.8. The van der Waals surface area contributed by atoms with Crippen molar-refractivity contribution < 1.29 is 23.4 Å². The van der Waals surface area contributed by atoms with Crippen molar-refractivity contribution in [1.82, 2.24) is 19.8 Å². The number of halogens is 1. The highest BCUT2D eigenvalue weighted by Gasteiger charge is 2.16. The van der Waals surface area contributed by atoms with Crippen molar-refractivity contribution in [3.8, 4) is 17.2 Å². The van der Waals surface area contributed by atoms with Crippen molar-refractivity contribution in [3.63, 3.8) is 0 Å². The Bertz CT molecular complexity index is 1080. The number of hydrogen-bond donors (Lipinski definition) is 1. The van der Waals surface area contributed by atoms with E-state index in [4.69, 9.17) is 20.1 Å². The number of carbonyl (C=O) groups excluding carboxylic acids is 1. The maximum Gasteiger partial charge on any atom is 0.233 e. The Hall–Kier alpha value is -3.47. The quantitative estimate of drug-likeness (QED) is 0.363. The molecule has 0 bridgehead atoms. The van der Waals surface area contributed by atoms with Gasteiger partial charge in [0.05, 0.1) is 20.0 Å². The van der Waals surface area contributed by atoms with Gasteiger partial charge in [0.2, 0.25) is 11.1 Å². The molecule has 0 saturated heterocycles. The van der Waals surface area contributed by atoms with Gasteiger partial charge in [-0.15, -0.1) is 10.2 Å². The molecule has 0 unspecified atom stereocenters. The Morgan fingerprint density at radius 3 is 2.66 bits per heavy atom. The fraction of sp³-hybridized carbons (Fsp3) is 0.286. The summed E-state index contributed by atoms with van der Waals surface area (Å²) in [5, 5.41) is 8.42. The van der Waals surface area contributed by atoms with E-state index in [0.29, 0.717) is 28.0 Å². The second kappa shape index (κ2) is 10.7. The molecule has 0 saturated carbocycles. The summed E-state index contributed by atoms with van der Waals surface area (Å²) in [6, 6.07) is 11.8. The van der Waals surface area contributed by atoms with Crippen LogP contribution in [0.2, 0.25) is 0 Å². The van der Waals surface area contributed by atoms with Gasteiger partial charge >= 0.3 is 0 Å². The van der Waals surface area contributed by atoms with Crippen LogP contribution in [0.3, 0.4) is 0 Å². The van der Waals surface area contributed by atoms with Crippen LogP contribution >= 0.6 is 11.8 Å². The Kier molecular flexibility index (Phi) is 7.77. The maximum atomic E-state index is 13.8. The summed E-state index contributed by atoms with van der Waals surface area (Å²) in [4.78, 5) is 14.0. The number of nitrogens with zero attached hydrogens (tertiary/aromatic N) is 4. The highest BCUT2D eigenvalue weighted by atomic mass is 32.2. The number of benzene rings is 2. The normalized spacial score (nSPS) is 10.6. The van der Waals surface area contributed by atoms with Crippen LogP contribution in [0, 0.1) is 5.82 Å². The molecule has 11 heteroatoms. The number of amides is 1. The summed E-state index contributed by atoms with van der Waals surface area (Å²) < 4.78 is 30.9. The van der Waals surface area contributed by atoms with Crippen molar-refractivity contribution in [1.29, 1.82) is 0 Å². The van der Waals surface area contributed by atoms with Crippen LogP contribution in [-0.2, 0) is 17.9 Å². The predicted molar refractivity (Wildman–Crippen MR) is 118 cm³/mol. The molecule has 3 aromatic rings. The minimum atomic E-state index is -0.472. The third kappa shape index (κ3) is 5.82. The lowest BCUT2D eigenvalue weighted by molar-refractivity contribution is -0.127. The third-order valence-corrected chi connectivity index (χ3v) is 5.46. The number of nitrogens with two attached hydrogens (primary N) is 1. The molecular weight excluding hydrogens is 437 g/mol. The van der Waals surface area contributed by atoms with E-state index in [1.165, 1.54) is 28.8 Å². The summed E-state index contributed by atoms with van der Waals surface area (Å²) in [7, 11) is 4.62. The Morgan fingerprint density at radius 2 is 1.94 bits per heavy atom. The highest BCUT2D eigenvalue weighted by Crippen LogP contribution is 2.21. The SMILES string of the molecule is COc1cccc(OCc2nnc(SCC(=O)N(C)Cc3ccc(OC)c(F)c3)n2N)c1. The molecule has 170 valence electrons. The van der Waals surface area contributed by atoms with Gasteiger partial charge in [-0.3, -0.25) is 4.79 Å². The van der Waals surface area contributed by atoms with Gasteiger partial charge in [-0.1, -0.05) is 23.9 Å². The summed E-state index contributed by atoms with van der Waals surface area (Å²) in [5.41, 5.74) is 0.656. The van der Waals surface area contributed by atoms with Gasteiger partial charge in [-0.25, -0.2) is 9.07 Å². The van der Waals surface area contributed by atoms with Gasteiger partial charge in [-0.05, 0) is 29.8 Å². The number of nitrogen functional groups attached to an aromatic ring is 1. The van der Waals surface area contributed by atoms with E-state index in [-0.39, 0.29) is 30.6 Å². The predicted octanol–water partition coefficient (Wildman–Crippen LogP) is 2.48. The monoisotopic (exact) mass is 461 g/mol. The van der Waals surface area contributed by atoms with Crippen molar-refractivity contribution in [2.24, 2.45) is 0 Å². The second-order valence-electron chi connectivity index (χ2n) is 6.74. The molecule has 9 nitrogen and oxygen atoms in total. The van der Waals surface area contributed by atoms with E-state index in [1.807, 2.05) is 12.1 Å². The number of hydrogen-bond acceptors (Lipinski definition) is 8. The van der Waals surface area contributed by atoms with E-state index in [0.717, 1.165) is 11.8 Å². The lowest BCUT2D eigenvalue weighted by Crippen LogP contribution is -2.28. The molecule has 1 amide bonds. The molecule has 0 spiro atoms. The number of aromatic nitrogens is 3. The molecule has 0 aliphatic heterocycles. The Morgan fingerprint density at radius 1 is 1.16 bits per heavy atom. The average Bonchev–Trinajstić information content (AvgIpc) is 3.15. The van der Waals surface area contributed by atoms with E-state index in [9.17, 15) is 9.18 Å². The van der Waals surface area contributed by atoms with Crippen molar-refractivity contribution in [3.05, 3.63) is 59.7 Å². The molecule has 0 aliphatic rings. The van der Waals surface area contributed by atoms with Crippen LogP contribution in [0.5, 0.6) is 17.2 Å². The number of thioether (sulfide) groups is 1. The largest absolute Gasteiger partial charge is 0.497 e. The molecular formula is C21H24FN5O4S. The zero-order valence-electron chi connectivity index (χ0n) is 17.9. The van der Waals surface area contributed by atoms with E-state index in [2.05, 4.69) is 10.2 Å². The molecule has 0 atom stereocenters. The van der Waals surface area contributed by atoms with Crippen molar-refractivity contribution >= 4 is 17.7 Å². The average molecular weight is 462 g/mol. The lowest BCUT2D eigenvalue weighted by Gasteiger charge is -2.17. The fourth-order valence-electron chi connectivity index (χ4n) is 2.75. The number of carbonyl (C=O) groups is 1. The first kappa shape index (κ1) is 23.2. The van der Waals surface area contributed by atoms with Crippen LogP contribution in [0.1, 0.15) is 11.4 Å². The third-order valence-electron chi connectivity index (χ3n) is 4.53. The lowest BCUT2D eigenvalue weighted by atomic mass is 10.2. The van der Waals surface area contributed by atoms with E-state index >= 15 is 0 Å². The van der Waals surface area contributed by atoms with Crippen molar-refractivity contribution in [2.45, 2.75) is 18.3 Å². The van der Waals surface area contributed by atoms with Crippen LogP contribution in [0.15, 0.2) is 47.6 Å². The Balaban J connectivity index is 1.52. The van der Waals surface area contributed by atoms with Gasteiger partial charge in [0, 0.05) is 19.7 Å². The topological polar surface area (TPSA) is 105 Å². The van der Waals surface area contributed by atoms with Crippen molar-refractivity contribution in [2.75, 3.05) is 32.9 Å². The zero-order chi connectivity index (χ0) is 23.1. The first-order valence-electron chi connectivity index (χ1n) is 9.56. The van der Waals surface area contributed by atoms with Crippen LogP contribution in [-0.4, -0.2) is 52.7 Å². The smallest absolute Gasteiger partial charge is 0.233 e. The first-order chi connectivity index (χ1) is 15.4. The molecule has 0 fully saturated rings. The van der Waals surface area contributed by atoms with Crippen LogP contribution in [0.4, 0.5) is 4.39 Å². The van der Waals surface area contributed by atoms with Gasteiger partial charge < -0.3 is 25.0 Å². The molecule has 0 radical (unpaired) electrons. The highest BCUT2D eigenvalue weighted by molar-refractivity contribution is 7.99. The number of rotatable bonds is 10. The van der Waals surface area contributed by atoms with Gasteiger partial charge in [-0.2, -0.15) is 0 Å². The molecule has 1 aromatic heterocycles. The molecule has 2 aromatic carbocycles. The molecule has 0 aliphatic carbocycles. The van der Waals surface area contributed by atoms with Gasteiger partial charge in [0.25, 0.3) is 0 Å². The van der Waals surface area contributed by atoms with Crippen LogP contribution < -0.4 is 20.1 Å². The Labute approximate surface area is 189 Å². The summed E-state index contributed by atoms with van der Waals surface area (Å²) in [6.45, 7) is 0.364. The first-order valence-corrected chi connectivity index (χ1v) is 10.5. The standard InChI is InChI=1S/C21H24FN5O4S/c1-26(11-14-7-8-18(30-3)17(22)9-14)20(28)13-32-21-25-24-19(27(21)23)12-31-16-6-4-5-15(10-16)29-2/h4-10H,11-13,23H2,1-3H3. The van der Waals surface area contributed by atoms with E-state index in [1.54, 1.807) is 32.4 Å². The van der Waals surface area contributed by atoms with Crippen LogP contribution in [0.25, 0.3) is 0 Å². The molecule has 32 heavy (non-hydrogen) atoms. The molecule has 3 rings (SSSR count). The summed E-state index contributed by atoms with van der Waals surface area (Å²) in [6.07, 6.45) is 0. The summed E-state index contributed by atoms with van der Waals surface area (Å²) >= 11 is 1.16. The fourth-order valence-corrected chi connectivity index (χ4v) is 3.57.